The lowest BCUT2D eigenvalue weighted by Gasteiger charge is -2.25. The molecule has 0 amide bonds. The molecule has 6 heteroatoms. The van der Waals surface area contributed by atoms with Gasteiger partial charge in [0.25, 0.3) is 5.69 Å². The van der Waals surface area contributed by atoms with E-state index in [0.717, 1.165) is 5.56 Å². The Hall–Kier alpha value is -1.17. The molecule has 18 heavy (non-hydrogen) atoms. The van der Waals surface area contributed by atoms with Crippen LogP contribution in [0.15, 0.2) is 18.2 Å². The van der Waals surface area contributed by atoms with E-state index >= 15 is 0 Å². The Morgan fingerprint density at radius 1 is 1.50 bits per heavy atom. The first-order chi connectivity index (χ1) is 8.45. The molecule has 0 unspecified atom stereocenters. The zero-order valence-corrected chi connectivity index (χ0v) is 11.2. The van der Waals surface area contributed by atoms with E-state index in [2.05, 4.69) is 0 Å². The number of rotatable bonds is 6. The number of aliphatic hydroxyl groups is 1. The predicted molar refractivity (Wildman–Crippen MR) is 70.7 cm³/mol. The third-order valence-corrected chi connectivity index (χ3v) is 3.03. The lowest BCUT2D eigenvalue weighted by molar-refractivity contribution is -0.384. The van der Waals surface area contributed by atoms with E-state index in [4.69, 9.17) is 16.7 Å². The number of nitro benzene ring substituents is 1. The van der Waals surface area contributed by atoms with Crippen molar-refractivity contribution in [3.05, 3.63) is 38.9 Å². The first-order valence-corrected chi connectivity index (χ1v) is 6.11. The monoisotopic (exact) mass is 272 g/mol. The van der Waals surface area contributed by atoms with Gasteiger partial charge in [0.15, 0.2) is 0 Å². The second-order valence-electron chi connectivity index (χ2n) is 4.33. The van der Waals surface area contributed by atoms with Gasteiger partial charge in [-0.05, 0) is 25.5 Å². The highest BCUT2D eigenvalue weighted by Gasteiger charge is 2.15. The Kier molecular flexibility index (Phi) is 5.53. The molecule has 0 fully saturated rings. The maximum atomic E-state index is 10.8. The van der Waals surface area contributed by atoms with Crippen LogP contribution in [0, 0.1) is 10.1 Å². The molecule has 100 valence electrons. The largest absolute Gasteiger partial charge is 0.395 e. The minimum Gasteiger partial charge on any atom is -0.395 e. The molecule has 0 aliphatic heterocycles. The molecule has 1 aromatic carbocycles. The van der Waals surface area contributed by atoms with Crippen LogP contribution in [0.4, 0.5) is 5.69 Å². The summed E-state index contributed by atoms with van der Waals surface area (Å²) in [6.07, 6.45) is 0. The average molecular weight is 273 g/mol. The molecule has 1 rings (SSSR count). The highest BCUT2D eigenvalue weighted by Crippen LogP contribution is 2.25. The molecule has 5 nitrogen and oxygen atoms in total. The van der Waals surface area contributed by atoms with E-state index in [1.807, 2.05) is 18.7 Å². The summed E-state index contributed by atoms with van der Waals surface area (Å²) in [6, 6.07) is 5.04. The maximum absolute atomic E-state index is 10.8. The molecular weight excluding hydrogens is 256 g/mol. The van der Waals surface area contributed by atoms with Crippen LogP contribution in [0.3, 0.4) is 0 Å². The van der Waals surface area contributed by atoms with Crippen molar-refractivity contribution in [3.63, 3.8) is 0 Å². The quantitative estimate of drug-likeness (QED) is 0.638. The van der Waals surface area contributed by atoms with Crippen molar-refractivity contribution < 1.29 is 10.0 Å². The fraction of sp³-hybridized carbons (Fsp3) is 0.500. The van der Waals surface area contributed by atoms with Crippen LogP contribution in [-0.2, 0) is 6.54 Å². The van der Waals surface area contributed by atoms with E-state index in [1.54, 1.807) is 6.07 Å². The summed E-state index contributed by atoms with van der Waals surface area (Å²) in [5.74, 6) is 0. The van der Waals surface area contributed by atoms with E-state index < -0.39 is 4.92 Å². The molecule has 0 heterocycles. The smallest absolute Gasteiger partial charge is 0.288 e. The first kappa shape index (κ1) is 14.9. The normalized spacial score (nSPS) is 11.2. The maximum Gasteiger partial charge on any atom is 0.288 e. The Morgan fingerprint density at radius 2 is 2.17 bits per heavy atom. The SMILES string of the molecule is CC(C)N(CCO)Cc1ccc(Cl)c([N+](=O)[O-])c1. The summed E-state index contributed by atoms with van der Waals surface area (Å²) >= 11 is 5.76. The van der Waals surface area contributed by atoms with Crippen LogP contribution in [0.2, 0.25) is 5.02 Å². The molecule has 0 saturated heterocycles. The van der Waals surface area contributed by atoms with E-state index in [9.17, 15) is 10.1 Å². The van der Waals surface area contributed by atoms with Crippen LogP contribution in [-0.4, -0.2) is 34.1 Å². The Labute approximate surface area is 111 Å². The van der Waals surface area contributed by atoms with Crippen molar-refractivity contribution in [1.29, 1.82) is 0 Å². The highest BCUT2D eigenvalue weighted by atomic mass is 35.5. The predicted octanol–water partition coefficient (Wildman–Crippen LogP) is 2.45. The standard InChI is InChI=1S/C12H17ClN2O3/c1-9(2)14(5-6-16)8-10-3-4-11(13)12(7-10)15(17)18/h3-4,7,9,16H,5-6,8H2,1-2H3. The number of benzene rings is 1. The number of hydrogen-bond donors (Lipinski definition) is 1. The summed E-state index contributed by atoms with van der Waals surface area (Å²) in [7, 11) is 0. The number of hydrogen-bond acceptors (Lipinski definition) is 4. The van der Waals surface area contributed by atoms with E-state index in [0.29, 0.717) is 13.1 Å². The molecule has 0 atom stereocenters. The van der Waals surface area contributed by atoms with Gasteiger partial charge in [-0.25, -0.2) is 0 Å². The van der Waals surface area contributed by atoms with Gasteiger partial charge in [-0.15, -0.1) is 0 Å². The van der Waals surface area contributed by atoms with E-state index in [-0.39, 0.29) is 23.4 Å². The van der Waals surface area contributed by atoms with Crippen LogP contribution in [0.1, 0.15) is 19.4 Å². The van der Waals surface area contributed by atoms with Crippen LogP contribution >= 0.6 is 11.6 Å². The Bertz CT molecular complexity index is 424. The zero-order chi connectivity index (χ0) is 13.7. The second kappa shape index (κ2) is 6.68. The fourth-order valence-electron chi connectivity index (χ4n) is 1.68. The number of nitrogens with zero attached hydrogens (tertiary/aromatic N) is 2. The van der Waals surface area contributed by atoms with Gasteiger partial charge in [-0.3, -0.25) is 15.0 Å². The summed E-state index contributed by atoms with van der Waals surface area (Å²) in [5.41, 5.74) is 0.732. The Balaban J connectivity index is 2.89. The van der Waals surface area contributed by atoms with Gasteiger partial charge in [0.1, 0.15) is 5.02 Å². The lowest BCUT2D eigenvalue weighted by atomic mass is 10.1. The van der Waals surface area contributed by atoms with Gasteiger partial charge < -0.3 is 5.11 Å². The summed E-state index contributed by atoms with van der Waals surface area (Å²) in [6.45, 7) is 5.18. The van der Waals surface area contributed by atoms with Crippen LogP contribution < -0.4 is 0 Å². The Morgan fingerprint density at radius 3 is 2.67 bits per heavy atom. The highest BCUT2D eigenvalue weighted by molar-refractivity contribution is 6.32. The van der Waals surface area contributed by atoms with Gasteiger partial charge in [-0.1, -0.05) is 17.7 Å². The van der Waals surface area contributed by atoms with Crippen molar-refractivity contribution >= 4 is 17.3 Å². The number of halogens is 1. The molecule has 1 aromatic rings. The first-order valence-electron chi connectivity index (χ1n) is 5.73. The van der Waals surface area contributed by atoms with Crippen molar-refractivity contribution in [2.75, 3.05) is 13.2 Å². The minimum atomic E-state index is -0.489. The topological polar surface area (TPSA) is 66.6 Å². The van der Waals surface area contributed by atoms with Gasteiger partial charge in [0.2, 0.25) is 0 Å². The zero-order valence-electron chi connectivity index (χ0n) is 10.5. The molecule has 0 aliphatic carbocycles. The van der Waals surface area contributed by atoms with Gasteiger partial charge in [-0.2, -0.15) is 0 Å². The lowest BCUT2D eigenvalue weighted by Crippen LogP contribution is -2.32. The van der Waals surface area contributed by atoms with Crippen molar-refractivity contribution in [2.24, 2.45) is 0 Å². The summed E-state index contributed by atoms with van der Waals surface area (Å²) in [4.78, 5) is 12.3. The molecule has 1 N–H and O–H groups in total. The average Bonchev–Trinajstić information content (AvgIpc) is 2.30. The van der Waals surface area contributed by atoms with Gasteiger partial charge >= 0.3 is 0 Å². The summed E-state index contributed by atoms with van der Waals surface area (Å²) < 4.78 is 0. The molecule has 0 saturated carbocycles. The molecule has 0 aliphatic rings. The minimum absolute atomic E-state index is 0.0634. The second-order valence-corrected chi connectivity index (χ2v) is 4.74. The third-order valence-electron chi connectivity index (χ3n) is 2.71. The molecule has 0 radical (unpaired) electrons. The van der Waals surface area contributed by atoms with Crippen LogP contribution in [0.5, 0.6) is 0 Å². The van der Waals surface area contributed by atoms with Crippen LogP contribution in [0.25, 0.3) is 0 Å². The van der Waals surface area contributed by atoms with Crippen molar-refractivity contribution in [1.82, 2.24) is 4.90 Å². The molecule has 0 aromatic heterocycles. The molecule has 0 spiro atoms. The van der Waals surface area contributed by atoms with Crippen molar-refractivity contribution in [2.45, 2.75) is 26.4 Å². The van der Waals surface area contributed by atoms with Gasteiger partial charge in [0.05, 0.1) is 11.5 Å². The third kappa shape index (κ3) is 3.94. The summed E-state index contributed by atoms with van der Waals surface area (Å²) in [5, 5.41) is 19.9. The fourth-order valence-corrected chi connectivity index (χ4v) is 1.87. The van der Waals surface area contributed by atoms with Crippen molar-refractivity contribution in [3.8, 4) is 0 Å². The van der Waals surface area contributed by atoms with E-state index in [1.165, 1.54) is 12.1 Å². The molecular formula is C12H17ClN2O3. The molecule has 0 bridgehead atoms. The number of aliphatic hydroxyl groups excluding tert-OH is 1. The van der Waals surface area contributed by atoms with Gasteiger partial charge in [0, 0.05) is 25.2 Å². The number of nitro groups is 1.